The van der Waals surface area contributed by atoms with Gasteiger partial charge < -0.3 is 33.8 Å². The zero-order valence-corrected chi connectivity index (χ0v) is 61.8. The Morgan fingerprint density at radius 2 is 0.500 bits per heavy atom. The van der Waals surface area contributed by atoms with Crippen molar-refractivity contribution in [2.24, 2.45) is 17.8 Å². The van der Waals surface area contributed by atoms with Crippen molar-refractivity contribution in [3.63, 3.8) is 0 Å². The number of carbonyl (C=O) groups is 4. The second-order valence-electron chi connectivity index (χ2n) is 27.8. The van der Waals surface area contributed by atoms with E-state index in [-0.39, 0.29) is 25.7 Å². The number of aliphatic hydroxyl groups is 1. The van der Waals surface area contributed by atoms with Gasteiger partial charge in [-0.2, -0.15) is 0 Å². The molecule has 17 nitrogen and oxygen atoms in total. The number of carbonyl (C=O) groups excluding carboxylic acids is 4. The topological polar surface area (TPSA) is 237 Å². The van der Waals surface area contributed by atoms with Crippen LogP contribution in [0.25, 0.3) is 0 Å². The average Bonchev–Trinajstić information content (AvgIpc) is 2.76. The number of phosphoric ester groups is 2. The quantitative estimate of drug-likeness (QED) is 0.0222. The van der Waals surface area contributed by atoms with Crippen molar-refractivity contribution in [2.75, 3.05) is 39.6 Å². The van der Waals surface area contributed by atoms with Gasteiger partial charge in [-0.25, -0.2) is 9.13 Å². The van der Waals surface area contributed by atoms with Gasteiger partial charge in [0.1, 0.15) is 19.3 Å². The molecular formula is C73H142O17P2. The molecule has 5 atom stereocenters. The highest BCUT2D eigenvalue weighted by molar-refractivity contribution is 7.47. The molecule has 546 valence electrons. The molecule has 19 heteroatoms. The van der Waals surface area contributed by atoms with Crippen molar-refractivity contribution in [1.29, 1.82) is 0 Å². The molecule has 0 saturated heterocycles. The Morgan fingerprint density at radius 3 is 0.739 bits per heavy atom. The highest BCUT2D eigenvalue weighted by atomic mass is 31.2. The van der Waals surface area contributed by atoms with E-state index in [0.29, 0.717) is 31.6 Å². The Bertz CT molecular complexity index is 1800. The van der Waals surface area contributed by atoms with Crippen LogP contribution in [0.2, 0.25) is 0 Å². The smallest absolute Gasteiger partial charge is 0.462 e. The second kappa shape index (κ2) is 63.8. The van der Waals surface area contributed by atoms with Crippen LogP contribution in [0.15, 0.2) is 0 Å². The van der Waals surface area contributed by atoms with E-state index in [1.807, 2.05) is 0 Å². The summed E-state index contributed by atoms with van der Waals surface area (Å²) < 4.78 is 68.1. The number of phosphoric acid groups is 2. The molecule has 0 aromatic rings. The summed E-state index contributed by atoms with van der Waals surface area (Å²) >= 11 is 0. The monoisotopic (exact) mass is 1350 g/mol. The standard InChI is InChI=1S/C73H142O17P2/c1-8-9-10-37-47-54-70(75)83-60-68(89-73(78)57-50-43-36-30-33-40-46-53-66(6)7)62-87-91(79,80)85-58-67(74)59-86-92(81,82)88-63-69(61-84-71(76)55-48-41-34-28-24-20-17-13-15-19-23-27-32-39-45-52-65(4)5)90-72(77)56-49-42-35-29-25-21-16-12-11-14-18-22-26-31-38-44-51-64(2)3/h64-69,74H,8-63H2,1-7H3,(H,79,80)(H,81,82)/t67-,68+,69+/m0/s1. The lowest BCUT2D eigenvalue weighted by molar-refractivity contribution is -0.161. The average molecular weight is 1350 g/mol. The van der Waals surface area contributed by atoms with E-state index in [4.69, 9.17) is 37.0 Å². The van der Waals surface area contributed by atoms with Gasteiger partial charge in [-0.3, -0.25) is 37.3 Å². The van der Waals surface area contributed by atoms with E-state index >= 15 is 0 Å². The maximum atomic E-state index is 13.1. The lowest BCUT2D eigenvalue weighted by atomic mass is 10.0. The van der Waals surface area contributed by atoms with Gasteiger partial charge in [0.15, 0.2) is 12.2 Å². The fourth-order valence-electron chi connectivity index (χ4n) is 11.1. The highest BCUT2D eigenvalue weighted by Gasteiger charge is 2.30. The van der Waals surface area contributed by atoms with Crippen molar-refractivity contribution in [3.05, 3.63) is 0 Å². The number of unbranched alkanes of at least 4 members (excludes halogenated alkanes) is 39. The molecule has 0 radical (unpaired) electrons. The third-order valence-corrected chi connectivity index (χ3v) is 18.8. The molecule has 0 spiro atoms. The third-order valence-electron chi connectivity index (χ3n) is 16.9. The molecule has 0 saturated carbocycles. The normalized spacial score (nSPS) is 14.1. The highest BCUT2D eigenvalue weighted by Crippen LogP contribution is 2.45. The fourth-order valence-corrected chi connectivity index (χ4v) is 12.7. The molecule has 2 unspecified atom stereocenters. The molecule has 0 aromatic heterocycles. The number of esters is 4. The summed E-state index contributed by atoms with van der Waals surface area (Å²) in [6.07, 6.45) is 49.2. The summed E-state index contributed by atoms with van der Waals surface area (Å²) in [7, 11) is -9.89. The number of rotatable bonds is 71. The summed E-state index contributed by atoms with van der Waals surface area (Å²) in [4.78, 5) is 72.3. The van der Waals surface area contributed by atoms with E-state index in [2.05, 4.69) is 48.5 Å². The van der Waals surface area contributed by atoms with E-state index in [0.717, 1.165) is 108 Å². The van der Waals surface area contributed by atoms with Crippen molar-refractivity contribution in [2.45, 2.75) is 388 Å². The van der Waals surface area contributed by atoms with Crippen LogP contribution in [0, 0.1) is 17.8 Å². The minimum atomic E-state index is -4.95. The Labute approximate surface area is 562 Å². The van der Waals surface area contributed by atoms with Crippen molar-refractivity contribution in [1.82, 2.24) is 0 Å². The van der Waals surface area contributed by atoms with Crippen molar-refractivity contribution in [3.8, 4) is 0 Å². The number of hydrogen-bond acceptors (Lipinski definition) is 15. The lowest BCUT2D eigenvalue weighted by Gasteiger charge is -2.21. The minimum Gasteiger partial charge on any atom is -0.462 e. The van der Waals surface area contributed by atoms with Crippen LogP contribution in [0.4, 0.5) is 0 Å². The van der Waals surface area contributed by atoms with E-state index in [1.54, 1.807) is 0 Å². The van der Waals surface area contributed by atoms with Crippen LogP contribution in [-0.2, 0) is 65.4 Å². The Kier molecular flexibility index (Phi) is 62.4. The van der Waals surface area contributed by atoms with Gasteiger partial charge in [-0.1, -0.05) is 318 Å². The summed E-state index contributed by atoms with van der Waals surface area (Å²) in [5.41, 5.74) is 0. The third kappa shape index (κ3) is 66.7. The molecular weight excluding hydrogens is 1210 g/mol. The molecule has 0 aliphatic carbocycles. The van der Waals surface area contributed by atoms with Gasteiger partial charge >= 0.3 is 39.5 Å². The van der Waals surface area contributed by atoms with Gasteiger partial charge in [0.25, 0.3) is 0 Å². The molecule has 0 aliphatic rings. The van der Waals surface area contributed by atoms with Gasteiger partial charge in [-0.15, -0.1) is 0 Å². The van der Waals surface area contributed by atoms with Crippen LogP contribution in [0.3, 0.4) is 0 Å². The number of hydrogen-bond donors (Lipinski definition) is 3. The molecule has 0 aliphatic heterocycles. The lowest BCUT2D eigenvalue weighted by Crippen LogP contribution is -2.30. The first-order valence-electron chi connectivity index (χ1n) is 37.8. The van der Waals surface area contributed by atoms with Crippen LogP contribution < -0.4 is 0 Å². The Morgan fingerprint density at radius 1 is 0.293 bits per heavy atom. The predicted octanol–water partition coefficient (Wildman–Crippen LogP) is 21.0. The van der Waals surface area contributed by atoms with Crippen molar-refractivity contribution < 1.29 is 80.2 Å². The largest absolute Gasteiger partial charge is 0.472 e. The maximum absolute atomic E-state index is 13.1. The van der Waals surface area contributed by atoms with Crippen LogP contribution in [0.1, 0.15) is 370 Å². The SMILES string of the molecule is CCCCCCCC(=O)OC[C@H](COP(=O)(O)OC[C@H](O)COP(=O)(O)OC[C@@H](COC(=O)CCCCCCCCCCCCCCCCCC(C)C)OC(=O)CCCCCCCCCCCCCCCCCCC(C)C)OC(=O)CCCCCCCCCC(C)C. The Balaban J connectivity index is 5.13. The second-order valence-corrected chi connectivity index (χ2v) is 30.7. The number of aliphatic hydroxyl groups excluding tert-OH is 1. The van der Waals surface area contributed by atoms with Crippen LogP contribution >= 0.6 is 15.6 Å². The zero-order chi connectivity index (χ0) is 68.0. The minimum absolute atomic E-state index is 0.102. The number of ether oxygens (including phenoxy) is 4. The summed E-state index contributed by atoms with van der Waals surface area (Å²) in [6.45, 7) is 11.8. The molecule has 0 heterocycles. The first kappa shape index (κ1) is 90.1. The van der Waals surface area contributed by atoms with E-state index < -0.39 is 97.5 Å². The first-order chi connectivity index (χ1) is 44.2. The van der Waals surface area contributed by atoms with Gasteiger partial charge in [0.05, 0.1) is 26.4 Å². The fraction of sp³-hybridized carbons (Fsp3) is 0.945. The van der Waals surface area contributed by atoms with Gasteiger partial charge in [-0.05, 0) is 43.4 Å². The first-order valence-corrected chi connectivity index (χ1v) is 40.8. The molecule has 92 heavy (non-hydrogen) atoms. The van der Waals surface area contributed by atoms with E-state index in [1.165, 1.54) is 173 Å². The zero-order valence-electron chi connectivity index (χ0n) is 60.0. The van der Waals surface area contributed by atoms with Gasteiger partial charge in [0.2, 0.25) is 0 Å². The van der Waals surface area contributed by atoms with Crippen LogP contribution in [0.5, 0.6) is 0 Å². The van der Waals surface area contributed by atoms with Crippen molar-refractivity contribution >= 4 is 39.5 Å². The predicted molar refractivity (Wildman–Crippen MR) is 372 cm³/mol. The Hall–Kier alpha value is -1.94. The summed E-state index contributed by atoms with van der Waals surface area (Å²) in [5.74, 6) is 0.176. The molecule has 0 rings (SSSR count). The molecule has 0 aromatic carbocycles. The summed E-state index contributed by atoms with van der Waals surface area (Å²) in [6, 6.07) is 0. The molecule has 0 fully saturated rings. The maximum Gasteiger partial charge on any atom is 0.472 e. The van der Waals surface area contributed by atoms with Crippen LogP contribution in [-0.4, -0.2) is 96.7 Å². The van der Waals surface area contributed by atoms with Gasteiger partial charge in [0, 0.05) is 25.7 Å². The molecule has 3 N–H and O–H groups in total. The summed E-state index contributed by atoms with van der Waals surface area (Å²) in [5, 5.41) is 10.6. The van der Waals surface area contributed by atoms with E-state index in [9.17, 15) is 43.2 Å². The molecule has 0 amide bonds. The molecule has 0 bridgehead atoms.